The van der Waals surface area contributed by atoms with Crippen LogP contribution in [0.25, 0.3) is 5.57 Å². The van der Waals surface area contributed by atoms with Crippen LogP contribution in [0.4, 0.5) is 13.2 Å². The molecule has 0 N–H and O–H groups in total. The van der Waals surface area contributed by atoms with Crippen molar-refractivity contribution >= 4 is 5.57 Å². The third-order valence-electron chi connectivity index (χ3n) is 2.57. The van der Waals surface area contributed by atoms with Gasteiger partial charge in [-0.2, -0.15) is 13.2 Å². The molecule has 1 unspecified atom stereocenters. The summed E-state index contributed by atoms with van der Waals surface area (Å²) in [7, 11) is 0. The first-order chi connectivity index (χ1) is 7.97. The highest BCUT2D eigenvalue weighted by atomic mass is 19.4. The van der Waals surface area contributed by atoms with Crippen molar-refractivity contribution in [3.8, 4) is 0 Å². The Balaban J connectivity index is 2.18. The Kier molecular flexibility index (Phi) is 3.00. The number of nitrogens with zero attached hydrogens (tertiary/aromatic N) is 2. The number of hydrogen-bond acceptors (Lipinski definition) is 2. The lowest BCUT2D eigenvalue weighted by atomic mass is 9.96. The van der Waals surface area contributed by atoms with Gasteiger partial charge in [-0.25, -0.2) is 9.97 Å². The van der Waals surface area contributed by atoms with Gasteiger partial charge in [0.05, 0.1) is 5.92 Å². The molecule has 1 aromatic heterocycles. The van der Waals surface area contributed by atoms with Gasteiger partial charge in [-0.05, 0) is 19.4 Å². The van der Waals surface area contributed by atoms with E-state index in [-0.39, 0.29) is 6.42 Å². The highest BCUT2D eigenvalue weighted by Crippen LogP contribution is 2.34. The van der Waals surface area contributed by atoms with Crippen LogP contribution in [-0.4, -0.2) is 16.1 Å². The molecule has 1 aliphatic rings. The van der Waals surface area contributed by atoms with Crippen molar-refractivity contribution in [1.29, 1.82) is 0 Å². The van der Waals surface area contributed by atoms with E-state index in [1.807, 2.05) is 6.92 Å². The molecule has 5 heteroatoms. The van der Waals surface area contributed by atoms with Gasteiger partial charge in [0.15, 0.2) is 5.82 Å². The van der Waals surface area contributed by atoms with Crippen LogP contribution < -0.4 is 0 Å². The molecule has 1 heterocycles. The maximum Gasteiger partial charge on any atom is 0.395 e. The van der Waals surface area contributed by atoms with Gasteiger partial charge in [-0.3, -0.25) is 0 Å². The average Bonchev–Trinajstić information content (AvgIpc) is 2.28. The van der Waals surface area contributed by atoms with Gasteiger partial charge in [0.2, 0.25) is 0 Å². The predicted octanol–water partition coefficient (Wildman–Crippen LogP) is 3.31. The molecular formula is C12H11F3N2. The molecule has 1 atom stereocenters. The smallest absolute Gasteiger partial charge is 0.237 e. The summed E-state index contributed by atoms with van der Waals surface area (Å²) >= 11 is 0. The zero-order valence-electron chi connectivity index (χ0n) is 9.20. The van der Waals surface area contributed by atoms with Gasteiger partial charge < -0.3 is 0 Å². The van der Waals surface area contributed by atoms with E-state index in [2.05, 4.69) is 9.97 Å². The van der Waals surface area contributed by atoms with E-state index in [9.17, 15) is 13.2 Å². The number of alkyl halides is 3. The van der Waals surface area contributed by atoms with Gasteiger partial charge in [-0.1, -0.05) is 18.2 Å². The van der Waals surface area contributed by atoms with Crippen LogP contribution >= 0.6 is 0 Å². The van der Waals surface area contributed by atoms with Gasteiger partial charge in [0.1, 0.15) is 0 Å². The summed E-state index contributed by atoms with van der Waals surface area (Å²) in [6.45, 7) is 1.82. The second kappa shape index (κ2) is 4.31. The summed E-state index contributed by atoms with van der Waals surface area (Å²) in [5, 5.41) is 0. The number of rotatable bonds is 1. The van der Waals surface area contributed by atoms with Crippen molar-refractivity contribution in [3.63, 3.8) is 0 Å². The molecule has 2 nitrogen and oxygen atoms in total. The highest BCUT2D eigenvalue weighted by molar-refractivity contribution is 5.70. The Morgan fingerprint density at radius 1 is 1.35 bits per heavy atom. The minimum atomic E-state index is -4.17. The summed E-state index contributed by atoms with van der Waals surface area (Å²) in [6.07, 6.45) is 1.52. The van der Waals surface area contributed by atoms with Crippen molar-refractivity contribution in [3.05, 3.63) is 42.0 Å². The Morgan fingerprint density at radius 3 is 2.65 bits per heavy atom. The molecule has 0 saturated carbocycles. The molecule has 2 rings (SSSR count). The number of aromatic nitrogens is 2. The molecule has 1 aromatic rings. The normalized spacial score (nSPS) is 20.2. The van der Waals surface area contributed by atoms with Crippen LogP contribution in [0, 0.1) is 12.8 Å². The quantitative estimate of drug-likeness (QED) is 0.752. The van der Waals surface area contributed by atoms with Crippen molar-refractivity contribution in [2.24, 2.45) is 5.92 Å². The topological polar surface area (TPSA) is 25.8 Å². The molecule has 90 valence electrons. The van der Waals surface area contributed by atoms with Crippen molar-refractivity contribution in [1.82, 2.24) is 9.97 Å². The standard InChI is InChI=1S/C12H11F3N2/c1-8-6-7-16-11(17-8)9-2-4-10(5-3-9)12(13,14)15/h2-4,6-7,10H,5H2,1H3. The molecule has 0 spiro atoms. The summed E-state index contributed by atoms with van der Waals surface area (Å²) in [6, 6.07) is 1.75. The Bertz CT molecular complexity index is 475. The maximum atomic E-state index is 12.4. The first-order valence-electron chi connectivity index (χ1n) is 5.22. The first kappa shape index (κ1) is 11.8. The molecule has 0 radical (unpaired) electrons. The minimum Gasteiger partial charge on any atom is -0.237 e. The van der Waals surface area contributed by atoms with Gasteiger partial charge in [0, 0.05) is 17.5 Å². The number of allylic oxidation sites excluding steroid dienone is 4. The predicted molar refractivity (Wildman–Crippen MR) is 58.0 cm³/mol. The van der Waals surface area contributed by atoms with Crippen LogP contribution in [0.5, 0.6) is 0 Å². The Hall–Kier alpha value is -1.65. The third-order valence-corrected chi connectivity index (χ3v) is 2.57. The van der Waals surface area contributed by atoms with Gasteiger partial charge >= 0.3 is 6.18 Å². The second-order valence-electron chi connectivity index (χ2n) is 3.92. The van der Waals surface area contributed by atoms with E-state index in [1.165, 1.54) is 18.2 Å². The Labute approximate surface area is 96.9 Å². The molecule has 0 saturated heterocycles. The zero-order chi connectivity index (χ0) is 12.5. The molecule has 0 fully saturated rings. The van der Waals surface area contributed by atoms with Crippen LogP contribution in [0.1, 0.15) is 17.9 Å². The van der Waals surface area contributed by atoms with Crippen LogP contribution in [0.15, 0.2) is 30.5 Å². The fourth-order valence-corrected chi connectivity index (χ4v) is 1.62. The number of aryl methyl sites for hydroxylation is 1. The molecule has 1 aliphatic carbocycles. The van der Waals surface area contributed by atoms with E-state index in [4.69, 9.17) is 0 Å². The minimum absolute atomic E-state index is 0.0490. The summed E-state index contributed by atoms with van der Waals surface area (Å²) in [4.78, 5) is 8.21. The molecule has 0 amide bonds. The molecular weight excluding hydrogens is 229 g/mol. The third kappa shape index (κ3) is 2.72. The van der Waals surface area contributed by atoms with E-state index in [1.54, 1.807) is 12.3 Å². The zero-order valence-corrected chi connectivity index (χ0v) is 9.20. The van der Waals surface area contributed by atoms with E-state index in [0.29, 0.717) is 11.4 Å². The largest absolute Gasteiger partial charge is 0.395 e. The fourth-order valence-electron chi connectivity index (χ4n) is 1.62. The lowest BCUT2D eigenvalue weighted by Crippen LogP contribution is -2.21. The number of halogens is 3. The Morgan fingerprint density at radius 2 is 2.12 bits per heavy atom. The fraction of sp³-hybridized carbons (Fsp3) is 0.333. The van der Waals surface area contributed by atoms with Gasteiger partial charge in [0.25, 0.3) is 0 Å². The van der Waals surface area contributed by atoms with E-state index < -0.39 is 12.1 Å². The van der Waals surface area contributed by atoms with Crippen molar-refractivity contribution in [2.45, 2.75) is 19.5 Å². The summed E-state index contributed by atoms with van der Waals surface area (Å²) < 4.78 is 37.3. The summed E-state index contributed by atoms with van der Waals surface area (Å²) in [5.41, 5.74) is 1.44. The first-order valence-corrected chi connectivity index (χ1v) is 5.22. The van der Waals surface area contributed by atoms with E-state index >= 15 is 0 Å². The second-order valence-corrected chi connectivity index (χ2v) is 3.92. The average molecular weight is 240 g/mol. The lowest BCUT2D eigenvalue weighted by Gasteiger charge is -2.18. The van der Waals surface area contributed by atoms with E-state index in [0.717, 1.165) is 5.69 Å². The molecule has 0 aliphatic heterocycles. The van der Waals surface area contributed by atoms with Crippen LogP contribution in [0.2, 0.25) is 0 Å². The van der Waals surface area contributed by atoms with Gasteiger partial charge in [-0.15, -0.1) is 0 Å². The monoisotopic (exact) mass is 240 g/mol. The molecule has 0 bridgehead atoms. The lowest BCUT2D eigenvalue weighted by molar-refractivity contribution is -0.160. The molecule has 17 heavy (non-hydrogen) atoms. The summed E-state index contributed by atoms with van der Waals surface area (Å²) in [5.74, 6) is -0.919. The highest BCUT2D eigenvalue weighted by Gasteiger charge is 2.37. The van der Waals surface area contributed by atoms with Crippen LogP contribution in [-0.2, 0) is 0 Å². The van der Waals surface area contributed by atoms with Crippen molar-refractivity contribution < 1.29 is 13.2 Å². The SMILES string of the molecule is Cc1ccnc(C2=CCC(C(F)(F)F)C=C2)n1. The number of hydrogen-bond donors (Lipinski definition) is 0. The maximum absolute atomic E-state index is 12.4. The van der Waals surface area contributed by atoms with Crippen molar-refractivity contribution in [2.75, 3.05) is 0 Å². The molecule has 0 aromatic carbocycles. The van der Waals surface area contributed by atoms with Crippen LogP contribution in [0.3, 0.4) is 0 Å².